The molecule has 4 heteroatoms. The zero-order valence-electron chi connectivity index (χ0n) is 10.2. The van der Waals surface area contributed by atoms with Crippen LogP contribution in [0.4, 0.5) is 4.79 Å². The standard InChI is InChI=1S/C13H16O4/c1-9(2)12(14)10(3)16-13(15)17-11-7-5-4-6-8-11/h4-10H,1-3H3. The molecule has 92 valence electrons. The number of ether oxygens (including phenoxy) is 2. The highest BCUT2D eigenvalue weighted by molar-refractivity contribution is 5.86. The van der Waals surface area contributed by atoms with Crippen LogP contribution < -0.4 is 4.74 Å². The lowest BCUT2D eigenvalue weighted by Crippen LogP contribution is -2.29. The van der Waals surface area contributed by atoms with Crippen molar-refractivity contribution in [2.45, 2.75) is 26.9 Å². The number of rotatable bonds is 4. The molecule has 0 radical (unpaired) electrons. The monoisotopic (exact) mass is 236 g/mol. The Morgan fingerprint density at radius 3 is 2.18 bits per heavy atom. The second-order valence-corrected chi connectivity index (χ2v) is 3.98. The molecule has 0 aliphatic heterocycles. The summed E-state index contributed by atoms with van der Waals surface area (Å²) in [4.78, 5) is 22.9. The van der Waals surface area contributed by atoms with Crippen molar-refractivity contribution in [3.63, 3.8) is 0 Å². The van der Waals surface area contributed by atoms with Crippen LogP contribution in [0, 0.1) is 5.92 Å². The second kappa shape index (κ2) is 6.03. The van der Waals surface area contributed by atoms with Gasteiger partial charge in [-0.3, -0.25) is 4.79 Å². The Labute approximate surface area is 101 Å². The molecule has 0 aliphatic rings. The summed E-state index contributed by atoms with van der Waals surface area (Å²) in [5.41, 5.74) is 0. The van der Waals surface area contributed by atoms with Crippen LogP contribution in [0.25, 0.3) is 0 Å². The number of para-hydroxylation sites is 1. The maximum atomic E-state index is 11.5. The number of carbonyl (C=O) groups excluding carboxylic acids is 2. The Hall–Kier alpha value is -1.84. The molecule has 0 N–H and O–H groups in total. The van der Waals surface area contributed by atoms with Gasteiger partial charge in [-0.2, -0.15) is 0 Å². The first kappa shape index (κ1) is 13.2. The molecule has 0 fully saturated rings. The van der Waals surface area contributed by atoms with E-state index in [4.69, 9.17) is 9.47 Å². The minimum absolute atomic E-state index is 0.130. The molecule has 0 spiro atoms. The average molecular weight is 236 g/mol. The van der Waals surface area contributed by atoms with Crippen LogP contribution in [0.1, 0.15) is 20.8 Å². The van der Waals surface area contributed by atoms with E-state index in [-0.39, 0.29) is 11.7 Å². The van der Waals surface area contributed by atoms with Crippen molar-refractivity contribution < 1.29 is 19.1 Å². The van der Waals surface area contributed by atoms with Crippen LogP contribution in [0.15, 0.2) is 30.3 Å². The molecule has 4 nitrogen and oxygen atoms in total. The number of hydrogen-bond acceptors (Lipinski definition) is 4. The lowest BCUT2D eigenvalue weighted by Gasteiger charge is -2.13. The first-order chi connectivity index (χ1) is 8.00. The van der Waals surface area contributed by atoms with Gasteiger partial charge in [-0.1, -0.05) is 32.0 Å². The Morgan fingerprint density at radius 1 is 1.06 bits per heavy atom. The zero-order valence-corrected chi connectivity index (χ0v) is 10.2. The minimum atomic E-state index is -0.863. The maximum absolute atomic E-state index is 11.5. The summed E-state index contributed by atoms with van der Waals surface area (Å²) in [7, 11) is 0. The van der Waals surface area contributed by atoms with Crippen molar-refractivity contribution in [1.29, 1.82) is 0 Å². The first-order valence-corrected chi connectivity index (χ1v) is 5.48. The number of ketones is 1. The molecule has 1 rings (SSSR count). The van der Waals surface area contributed by atoms with Crippen molar-refractivity contribution in [2.24, 2.45) is 5.92 Å². The van der Waals surface area contributed by atoms with E-state index in [1.54, 1.807) is 38.1 Å². The third-order valence-corrected chi connectivity index (χ3v) is 2.19. The van der Waals surface area contributed by atoms with Crippen LogP contribution in [0.2, 0.25) is 0 Å². The number of hydrogen-bond donors (Lipinski definition) is 0. The summed E-state index contributed by atoms with van der Waals surface area (Å²) >= 11 is 0. The second-order valence-electron chi connectivity index (χ2n) is 3.98. The van der Waals surface area contributed by atoms with E-state index in [1.165, 1.54) is 6.92 Å². The summed E-state index contributed by atoms with van der Waals surface area (Å²) in [6.45, 7) is 5.05. The summed E-state index contributed by atoms with van der Waals surface area (Å²) in [6.07, 6.45) is -1.65. The molecule has 1 aromatic carbocycles. The molecule has 1 aromatic rings. The van der Waals surface area contributed by atoms with Gasteiger partial charge in [-0.15, -0.1) is 0 Å². The molecular formula is C13H16O4. The Morgan fingerprint density at radius 2 is 1.65 bits per heavy atom. The van der Waals surface area contributed by atoms with Crippen molar-refractivity contribution in [1.82, 2.24) is 0 Å². The SMILES string of the molecule is CC(C)C(=O)C(C)OC(=O)Oc1ccccc1. The molecule has 0 saturated carbocycles. The minimum Gasteiger partial charge on any atom is -0.423 e. The molecule has 0 bridgehead atoms. The van der Waals surface area contributed by atoms with Gasteiger partial charge in [0.25, 0.3) is 0 Å². The van der Waals surface area contributed by atoms with E-state index in [1.807, 2.05) is 6.07 Å². The topological polar surface area (TPSA) is 52.6 Å². The van der Waals surface area contributed by atoms with E-state index < -0.39 is 12.3 Å². The number of benzene rings is 1. The molecule has 0 aromatic heterocycles. The lowest BCUT2D eigenvalue weighted by molar-refractivity contribution is -0.130. The fourth-order valence-corrected chi connectivity index (χ4v) is 1.28. The highest BCUT2D eigenvalue weighted by Crippen LogP contribution is 2.11. The van der Waals surface area contributed by atoms with Gasteiger partial charge in [-0.25, -0.2) is 4.79 Å². The Balaban J connectivity index is 2.48. The number of Topliss-reactive ketones (excluding diaryl/α,β-unsaturated/α-hetero) is 1. The van der Waals surface area contributed by atoms with E-state index in [9.17, 15) is 9.59 Å². The van der Waals surface area contributed by atoms with Gasteiger partial charge >= 0.3 is 6.16 Å². The van der Waals surface area contributed by atoms with Gasteiger partial charge in [0.2, 0.25) is 0 Å². The third kappa shape index (κ3) is 4.26. The van der Waals surface area contributed by atoms with Gasteiger partial charge in [0.05, 0.1) is 0 Å². The van der Waals surface area contributed by atoms with Gasteiger partial charge < -0.3 is 9.47 Å². The molecule has 17 heavy (non-hydrogen) atoms. The Kier molecular flexibility index (Phi) is 4.69. The van der Waals surface area contributed by atoms with Gasteiger partial charge in [0.1, 0.15) is 5.75 Å². The largest absolute Gasteiger partial charge is 0.514 e. The highest BCUT2D eigenvalue weighted by Gasteiger charge is 2.21. The quantitative estimate of drug-likeness (QED) is 0.595. The fourth-order valence-electron chi connectivity index (χ4n) is 1.28. The van der Waals surface area contributed by atoms with Crippen LogP contribution in [0.5, 0.6) is 5.75 Å². The average Bonchev–Trinajstić information content (AvgIpc) is 2.28. The van der Waals surface area contributed by atoms with E-state index in [0.29, 0.717) is 5.75 Å². The predicted molar refractivity (Wildman–Crippen MR) is 62.9 cm³/mol. The first-order valence-electron chi connectivity index (χ1n) is 5.48. The van der Waals surface area contributed by atoms with E-state index in [2.05, 4.69) is 0 Å². The lowest BCUT2D eigenvalue weighted by atomic mass is 10.1. The third-order valence-electron chi connectivity index (χ3n) is 2.19. The predicted octanol–water partition coefficient (Wildman–Crippen LogP) is 2.82. The zero-order chi connectivity index (χ0) is 12.8. The van der Waals surface area contributed by atoms with Crippen LogP contribution >= 0.6 is 0 Å². The van der Waals surface area contributed by atoms with Gasteiger partial charge in [-0.05, 0) is 19.1 Å². The molecule has 1 atom stereocenters. The van der Waals surface area contributed by atoms with Gasteiger partial charge in [0.15, 0.2) is 11.9 Å². The van der Waals surface area contributed by atoms with Crippen LogP contribution in [0.3, 0.4) is 0 Å². The van der Waals surface area contributed by atoms with E-state index >= 15 is 0 Å². The maximum Gasteiger partial charge on any atom is 0.514 e. The molecule has 0 heterocycles. The smallest absolute Gasteiger partial charge is 0.423 e. The number of carbonyl (C=O) groups is 2. The Bertz CT molecular complexity index is 384. The highest BCUT2D eigenvalue weighted by atomic mass is 16.7. The van der Waals surface area contributed by atoms with Crippen molar-refractivity contribution in [3.05, 3.63) is 30.3 Å². The van der Waals surface area contributed by atoms with Crippen molar-refractivity contribution in [3.8, 4) is 5.75 Å². The molecule has 0 aliphatic carbocycles. The molecule has 1 unspecified atom stereocenters. The van der Waals surface area contributed by atoms with Gasteiger partial charge in [0, 0.05) is 5.92 Å². The molecule has 0 amide bonds. The van der Waals surface area contributed by atoms with Crippen LogP contribution in [-0.2, 0) is 9.53 Å². The summed E-state index contributed by atoms with van der Waals surface area (Å²) in [5, 5.41) is 0. The summed E-state index contributed by atoms with van der Waals surface area (Å²) in [6, 6.07) is 8.56. The summed E-state index contributed by atoms with van der Waals surface area (Å²) < 4.78 is 9.77. The summed E-state index contributed by atoms with van der Waals surface area (Å²) in [5.74, 6) is 0.0891. The normalized spacial score (nSPS) is 12.0. The molecular weight excluding hydrogens is 220 g/mol. The van der Waals surface area contributed by atoms with Crippen molar-refractivity contribution in [2.75, 3.05) is 0 Å². The van der Waals surface area contributed by atoms with Crippen molar-refractivity contribution >= 4 is 11.9 Å². The fraction of sp³-hybridized carbons (Fsp3) is 0.385. The van der Waals surface area contributed by atoms with Crippen LogP contribution in [-0.4, -0.2) is 18.0 Å². The van der Waals surface area contributed by atoms with E-state index in [0.717, 1.165) is 0 Å². The molecule has 0 saturated heterocycles.